The highest BCUT2D eigenvalue weighted by Gasteiger charge is 2.15. The standard InChI is InChI=1S/C17H11ClN4O3/c18-9-4-5-11-12(7-9)20-14-13(15(11)23)17(25)22(21-16(14)24)8-10-3-1-2-6-19-10/h1-7H,8H2,(H,20,23)(H,21,24). The molecule has 0 bridgehead atoms. The van der Waals surface area contributed by atoms with Crippen molar-refractivity contribution in [1.29, 1.82) is 0 Å². The fraction of sp³-hybridized carbons (Fsp3) is 0.0588. The summed E-state index contributed by atoms with van der Waals surface area (Å²) < 4.78 is 1.09. The number of benzene rings is 1. The van der Waals surface area contributed by atoms with Gasteiger partial charge in [-0.05, 0) is 30.3 Å². The Morgan fingerprint density at radius 2 is 1.96 bits per heavy atom. The summed E-state index contributed by atoms with van der Waals surface area (Å²) in [5.74, 6) is 0. The van der Waals surface area contributed by atoms with Gasteiger partial charge in [-0.15, -0.1) is 0 Å². The van der Waals surface area contributed by atoms with Crippen molar-refractivity contribution in [3.8, 4) is 0 Å². The topological polar surface area (TPSA) is 101 Å². The van der Waals surface area contributed by atoms with E-state index in [0.29, 0.717) is 21.6 Å². The molecular weight excluding hydrogens is 344 g/mol. The molecule has 0 aliphatic carbocycles. The average molecular weight is 355 g/mol. The van der Waals surface area contributed by atoms with Crippen LogP contribution in [0, 0.1) is 0 Å². The lowest BCUT2D eigenvalue weighted by Crippen LogP contribution is -2.34. The number of hydrogen-bond acceptors (Lipinski definition) is 4. The smallest absolute Gasteiger partial charge is 0.287 e. The zero-order valence-electron chi connectivity index (χ0n) is 12.7. The molecule has 0 atom stereocenters. The van der Waals surface area contributed by atoms with E-state index in [-0.39, 0.29) is 17.4 Å². The van der Waals surface area contributed by atoms with Gasteiger partial charge in [-0.1, -0.05) is 17.7 Å². The number of aromatic amines is 2. The lowest BCUT2D eigenvalue weighted by Gasteiger charge is -2.07. The predicted molar refractivity (Wildman–Crippen MR) is 95.3 cm³/mol. The van der Waals surface area contributed by atoms with Crippen LogP contribution in [0.5, 0.6) is 0 Å². The van der Waals surface area contributed by atoms with Gasteiger partial charge >= 0.3 is 0 Å². The minimum atomic E-state index is -0.585. The van der Waals surface area contributed by atoms with Crippen LogP contribution < -0.4 is 16.5 Å². The van der Waals surface area contributed by atoms with Crippen LogP contribution in [0.15, 0.2) is 57.0 Å². The van der Waals surface area contributed by atoms with Gasteiger partial charge in [-0.3, -0.25) is 24.5 Å². The maximum absolute atomic E-state index is 12.7. The fourth-order valence-corrected chi connectivity index (χ4v) is 2.94. The van der Waals surface area contributed by atoms with Crippen molar-refractivity contribution in [3.63, 3.8) is 0 Å². The Balaban J connectivity index is 2.05. The Bertz CT molecular complexity index is 1290. The summed E-state index contributed by atoms with van der Waals surface area (Å²) >= 11 is 5.93. The molecule has 0 spiro atoms. The van der Waals surface area contributed by atoms with E-state index in [4.69, 9.17) is 11.6 Å². The third kappa shape index (κ3) is 2.54. The zero-order chi connectivity index (χ0) is 17.6. The van der Waals surface area contributed by atoms with E-state index < -0.39 is 16.5 Å². The Labute approximate surface area is 144 Å². The molecule has 124 valence electrons. The first kappa shape index (κ1) is 15.3. The molecule has 0 aliphatic rings. The van der Waals surface area contributed by atoms with Crippen LogP contribution in [-0.2, 0) is 6.54 Å². The molecule has 0 unspecified atom stereocenters. The fourth-order valence-electron chi connectivity index (χ4n) is 2.77. The van der Waals surface area contributed by atoms with Crippen molar-refractivity contribution < 1.29 is 0 Å². The normalized spacial score (nSPS) is 11.2. The van der Waals surface area contributed by atoms with Crippen LogP contribution in [0.1, 0.15) is 5.69 Å². The van der Waals surface area contributed by atoms with Crippen LogP contribution in [0.25, 0.3) is 21.8 Å². The second-order valence-electron chi connectivity index (χ2n) is 5.55. The lowest BCUT2D eigenvalue weighted by atomic mass is 10.1. The number of rotatable bonds is 2. The molecule has 0 amide bonds. The Kier molecular flexibility index (Phi) is 3.51. The van der Waals surface area contributed by atoms with E-state index >= 15 is 0 Å². The molecule has 25 heavy (non-hydrogen) atoms. The number of hydrogen-bond donors (Lipinski definition) is 2. The molecule has 4 rings (SSSR count). The molecular formula is C17H11ClN4O3. The summed E-state index contributed by atoms with van der Waals surface area (Å²) in [6.07, 6.45) is 1.59. The van der Waals surface area contributed by atoms with E-state index in [9.17, 15) is 14.4 Å². The summed E-state index contributed by atoms with van der Waals surface area (Å²) in [4.78, 5) is 44.8. The van der Waals surface area contributed by atoms with Gasteiger partial charge in [-0.25, -0.2) is 4.68 Å². The van der Waals surface area contributed by atoms with E-state index in [1.807, 2.05) is 0 Å². The summed E-state index contributed by atoms with van der Waals surface area (Å²) in [7, 11) is 0. The average Bonchev–Trinajstić information content (AvgIpc) is 2.60. The number of nitrogens with zero attached hydrogens (tertiary/aromatic N) is 2. The van der Waals surface area contributed by atoms with Crippen LogP contribution in [0.3, 0.4) is 0 Å². The molecule has 0 saturated carbocycles. The first-order valence-electron chi connectivity index (χ1n) is 7.43. The van der Waals surface area contributed by atoms with Crippen molar-refractivity contribution in [2.75, 3.05) is 0 Å². The highest BCUT2D eigenvalue weighted by molar-refractivity contribution is 6.31. The van der Waals surface area contributed by atoms with Gasteiger partial charge < -0.3 is 4.98 Å². The van der Waals surface area contributed by atoms with Gasteiger partial charge in [0.1, 0.15) is 10.9 Å². The van der Waals surface area contributed by atoms with Gasteiger partial charge in [0.2, 0.25) is 5.43 Å². The van der Waals surface area contributed by atoms with Crippen molar-refractivity contribution in [2.45, 2.75) is 6.54 Å². The molecule has 3 heterocycles. The van der Waals surface area contributed by atoms with E-state index in [0.717, 1.165) is 4.68 Å². The van der Waals surface area contributed by atoms with Gasteiger partial charge in [0.25, 0.3) is 11.1 Å². The molecule has 0 aliphatic heterocycles. The summed E-state index contributed by atoms with van der Waals surface area (Å²) in [5, 5.41) is 3.01. The first-order valence-corrected chi connectivity index (χ1v) is 7.80. The van der Waals surface area contributed by atoms with E-state index in [1.54, 1.807) is 30.5 Å². The summed E-state index contributed by atoms with van der Waals surface area (Å²) in [6, 6.07) is 9.87. The Morgan fingerprint density at radius 3 is 2.72 bits per heavy atom. The van der Waals surface area contributed by atoms with Crippen molar-refractivity contribution in [1.82, 2.24) is 19.7 Å². The second kappa shape index (κ2) is 5.71. The molecule has 8 heteroatoms. The van der Waals surface area contributed by atoms with Gasteiger partial charge in [-0.2, -0.15) is 0 Å². The monoisotopic (exact) mass is 354 g/mol. The van der Waals surface area contributed by atoms with Crippen molar-refractivity contribution in [2.24, 2.45) is 0 Å². The molecule has 3 aromatic heterocycles. The van der Waals surface area contributed by atoms with Crippen LogP contribution in [0.2, 0.25) is 5.02 Å². The molecule has 0 saturated heterocycles. The van der Waals surface area contributed by atoms with Gasteiger partial charge in [0.05, 0.1) is 17.8 Å². The largest absolute Gasteiger partial charge is 0.350 e. The van der Waals surface area contributed by atoms with Crippen LogP contribution in [0.4, 0.5) is 0 Å². The third-order valence-electron chi connectivity index (χ3n) is 3.93. The lowest BCUT2D eigenvalue weighted by molar-refractivity contribution is 0.625. The number of aromatic nitrogens is 4. The molecule has 7 nitrogen and oxygen atoms in total. The van der Waals surface area contributed by atoms with Crippen molar-refractivity contribution >= 4 is 33.4 Å². The predicted octanol–water partition coefficient (Wildman–Crippen LogP) is 1.63. The highest BCUT2D eigenvalue weighted by Crippen LogP contribution is 2.16. The highest BCUT2D eigenvalue weighted by atomic mass is 35.5. The molecule has 1 aromatic carbocycles. The number of halogens is 1. The number of pyridine rings is 2. The van der Waals surface area contributed by atoms with Gasteiger partial charge in [0, 0.05) is 16.6 Å². The third-order valence-corrected chi connectivity index (χ3v) is 4.17. The summed E-state index contributed by atoms with van der Waals surface area (Å²) in [6.45, 7) is 0.0585. The quantitative estimate of drug-likeness (QED) is 0.534. The van der Waals surface area contributed by atoms with E-state index in [2.05, 4.69) is 15.1 Å². The van der Waals surface area contributed by atoms with E-state index in [1.165, 1.54) is 12.1 Å². The van der Waals surface area contributed by atoms with Crippen LogP contribution >= 0.6 is 11.6 Å². The maximum atomic E-state index is 12.7. The minimum Gasteiger partial charge on any atom is -0.350 e. The summed E-state index contributed by atoms with van der Waals surface area (Å²) in [5.41, 5.74) is -0.739. The molecule has 4 aromatic rings. The minimum absolute atomic E-state index is 0.0585. The van der Waals surface area contributed by atoms with Crippen molar-refractivity contribution in [3.05, 3.63) is 84.2 Å². The Morgan fingerprint density at radius 1 is 1.12 bits per heavy atom. The van der Waals surface area contributed by atoms with Crippen LogP contribution in [-0.4, -0.2) is 19.7 Å². The number of fused-ring (bicyclic) bond motifs is 2. The molecule has 0 radical (unpaired) electrons. The maximum Gasteiger partial charge on any atom is 0.287 e. The second-order valence-corrected chi connectivity index (χ2v) is 5.98. The number of H-pyrrole nitrogens is 2. The number of nitrogens with one attached hydrogen (secondary N) is 2. The molecule has 2 N–H and O–H groups in total. The van der Waals surface area contributed by atoms with Gasteiger partial charge in [0.15, 0.2) is 0 Å². The first-order chi connectivity index (χ1) is 12.0. The molecule has 0 fully saturated rings. The zero-order valence-corrected chi connectivity index (χ0v) is 13.5. The Hall–Kier alpha value is -3.19. The SMILES string of the molecule is O=c1[nH]n(Cc2ccccn2)c(=O)c2c(=O)c3ccc(Cl)cc3[nH]c12.